The van der Waals surface area contributed by atoms with Crippen molar-refractivity contribution in [2.24, 2.45) is 0 Å². The summed E-state index contributed by atoms with van der Waals surface area (Å²) in [7, 11) is 0. The molecule has 0 spiro atoms. The molecule has 0 saturated carbocycles. The Morgan fingerprint density at radius 1 is 1.37 bits per heavy atom. The predicted octanol–water partition coefficient (Wildman–Crippen LogP) is 2.80. The Morgan fingerprint density at radius 2 is 2.16 bits per heavy atom. The molecule has 2 rings (SSSR count). The standard InChI is InChI=1S/C10H10F3N5S/c1-2-14-7-3-6(10(11,12)13)4-8(17-7)19-9-15-5-16-18-9/h3-5H,2H2,1H3,(H,14,17)(H,15,16,18). The van der Waals surface area contributed by atoms with Crippen molar-refractivity contribution in [1.82, 2.24) is 20.2 Å². The zero-order valence-electron chi connectivity index (χ0n) is 9.82. The second kappa shape index (κ2) is 5.47. The molecule has 2 heterocycles. The summed E-state index contributed by atoms with van der Waals surface area (Å²) >= 11 is 0.984. The van der Waals surface area contributed by atoms with Crippen LogP contribution in [0.2, 0.25) is 0 Å². The van der Waals surface area contributed by atoms with E-state index >= 15 is 0 Å². The minimum Gasteiger partial charge on any atom is -0.370 e. The maximum absolute atomic E-state index is 12.8. The van der Waals surface area contributed by atoms with E-state index in [2.05, 4.69) is 25.5 Å². The van der Waals surface area contributed by atoms with E-state index in [0.29, 0.717) is 11.7 Å². The molecule has 0 atom stereocenters. The molecule has 0 aliphatic carbocycles. The molecular weight excluding hydrogens is 279 g/mol. The molecule has 19 heavy (non-hydrogen) atoms. The van der Waals surface area contributed by atoms with Crippen molar-refractivity contribution < 1.29 is 13.2 Å². The van der Waals surface area contributed by atoms with Gasteiger partial charge >= 0.3 is 6.18 Å². The van der Waals surface area contributed by atoms with Crippen LogP contribution in [0.5, 0.6) is 0 Å². The molecule has 2 N–H and O–H groups in total. The topological polar surface area (TPSA) is 66.5 Å². The number of nitrogens with zero attached hydrogens (tertiary/aromatic N) is 3. The van der Waals surface area contributed by atoms with Crippen LogP contribution in [0.3, 0.4) is 0 Å². The third kappa shape index (κ3) is 3.60. The normalized spacial score (nSPS) is 11.6. The number of hydrogen-bond acceptors (Lipinski definition) is 5. The number of aromatic amines is 1. The van der Waals surface area contributed by atoms with Crippen molar-refractivity contribution in [2.45, 2.75) is 23.3 Å². The first-order chi connectivity index (χ1) is 8.99. The quantitative estimate of drug-likeness (QED) is 0.906. The Hall–Kier alpha value is -1.77. The summed E-state index contributed by atoms with van der Waals surface area (Å²) < 4.78 is 38.3. The lowest BCUT2D eigenvalue weighted by molar-refractivity contribution is -0.137. The second-order valence-electron chi connectivity index (χ2n) is 3.50. The highest BCUT2D eigenvalue weighted by atomic mass is 32.2. The average molecular weight is 289 g/mol. The molecule has 2 aromatic rings. The van der Waals surface area contributed by atoms with Crippen LogP contribution in [-0.2, 0) is 6.18 Å². The van der Waals surface area contributed by atoms with E-state index in [1.807, 2.05) is 0 Å². The summed E-state index contributed by atoms with van der Waals surface area (Å²) in [6.07, 6.45) is -3.13. The van der Waals surface area contributed by atoms with Crippen molar-refractivity contribution >= 4 is 17.6 Å². The maximum atomic E-state index is 12.8. The monoisotopic (exact) mass is 289 g/mol. The van der Waals surface area contributed by atoms with Crippen molar-refractivity contribution in [2.75, 3.05) is 11.9 Å². The van der Waals surface area contributed by atoms with Gasteiger partial charge in [0.25, 0.3) is 0 Å². The maximum Gasteiger partial charge on any atom is 0.416 e. The molecule has 0 radical (unpaired) electrons. The van der Waals surface area contributed by atoms with E-state index in [1.54, 1.807) is 6.92 Å². The van der Waals surface area contributed by atoms with Crippen LogP contribution in [0.1, 0.15) is 12.5 Å². The van der Waals surface area contributed by atoms with Crippen molar-refractivity contribution in [1.29, 1.82) is 0 Å². The van der Waals surface area contributed by atoms with Crippen LogP contribution in [0.4, 0.5) is 19.0 Å². The molecule has 2 aromatic heterocycles. The first kappa shape index (κ1) is 13.7. The summed E-state index contributed by atoms with van der Waals surface area (Å²) in [5, 5.41) is 9.53. The van der Waals surface area contributed by atoms with Crippen molar-refractivity contribution in [3.8, 4) is 0 Å². The third-order valence-corrected chi connectivity index (χ3v) is 2.89. The summed E-state index contributed by atoms with van der Waals surface area (Å²) in [5.74, 6) is 0.180. The van der Waals surface area contributed by atoms with Crippen LogP contribution < -0.4 is 5.32 Å². The molecule has 0 bridgehead atoms. The van der Waals surface area contributed by atoms with Crippen LogP contribution in [0.25, 0.3) is 0 Å². The van der Waals surface area contributed by atoms with E-state index in [-0.39, 0.29) is 10.8 Å². The minimum atomic E-state index is -4.41. The van der Waals surface area contributed by atoms with Crippen LogP contribution in [-0.4, -0.2) is 26.7 Å². The molecule has 102 valence electrons. The predicted molar refractivity (Wildman–Crippen MR) is 63.9 cm³/mol. The van der Waals surface area contributed by atoms with E-state index < -0.39 is 11.7 Å². The van der Waals surface area contributed by atoms with Gasteiger partial charge in [-0.15, -0.1) is 0 Å². The van der Waals surface area contributed by atoms with Crippen LogP contribution in [0, 0.1) is 0 Å². The Kier molecular flexibility index (Phi) is 3.93. The smallest absolute Gasteiger partial charge is 0.370 e. The molecular formula is C10H10F3N5S. The zero-order chi connectivity index (χ0) is 13.9. The number of aromatic nitrogens is 4. The Morgan fingerprint density at radius 3 is 2.74 bits per heavy atom. The van der Waals surface area contributed by atoms with E-state index in [1.165, 1.54) is 6.33 Å². The average Bonchev–Trinajstić information content (AvgIpc) is 2.81. The van der Waals surface area contributed by atoms with Gasteiger partial charge in [0.2, 0.25) is 0 Å². The van der Waals surface area contributed by atoms with Gasteiger partial charge < -0.3 is 5.32 Å². The Bertz CT molecular complexity index is 541. The van der Waals surface area contributed by atoms with Gasteiger partial charge in [-0.2, -0.15) is 18.3 Å². The molecule has 9 heteroatoms. The third-order valence-electron chi connectivity index (χ3n) is 2.08. The highest BCUT2D eigenvalue weighted by Gasteiger charge is 2.31. The lowest BCUT2D eigenvalue weighted by Crippen LogP contribution is -2.08. The van der Waals surface area contributed by atoms with Gasteiger partial charge in [-0.05, 0) is 30.8 Å². The molecule has 0 aliphatic rings. The number of pyridine rings is 1. The fourth-order valence-electron chi connectivity index (χ4n) is 1.34. The molecule has 0 aliphatic heterocycles. The Balaban J connectivity index is 2.34. The van der Waals surface area contributed by atoms with Gasteiger partial charge in [-0.3, -0.25) is 5.10 Å². The number of hydrogen-bond donors (Lipinski definition) is 2. The second-order valence-corrected chi connectivity index (χ2v) is 4.51. The van der Waals surface area contributed by atoms with Crippen LogP contribution >= 0.6 is 11.8 Å². The lowest BCUT2D eigenvalue weighted by atomic mass is 10.2. The van der Waals surface area contributed by atoms with E-state index in [0.717, 1.165) is 23.9 Å². The lowest BCUT2D eigenvalue weighted by Gasteiger charge is -2.11. The van der Waals surface area contributed by atoms with Crippen molar-refractivity contribution in [3.63, 3.8) is 0 Å². The van der Waals surface area contributed by atoms with E-state index in [9.17, 15) is 13.2 Å². The summed E-state index contributed by atoms with van der Waals surface area (Å²) in [4.78, 5) is 7.91. The molecule has 0 aromatic carbocycles. The minimum absolute atomic E-state index is 0.180. The SMILES string of the molecule is CCNc1cc(C(F)(F)F)cc(Sc2ncn[nH]2)n1. The fourth-order valence-corrected chi connectivity index (χ4v) is 2.06. The summed E-state index contributed by atoms with van der Waals surface area (Å²) in [6.45, 7) is 2.27. The number of halogens is 3. The van der Waals surface area contributed by atoms with Gasteiger partial charge in [-0.1, -0.05) is 0 Å². The first-order valence-electron chi connectivity index (χ1n) is 5.35. The summed E-state index contributed by atoms with van der Waals surface area (Å²) in [6, 6.07) is 1.96. The number of anilines is 1. The Labute approximate surface area is 111 Å². The van der Waals surface area contributed by atoms with Gasteiger partial charge in [-0.25, -0.2) is 9.97 Å². The molecule has 0 fully saturated rings. The number of alkyl halides is 3. The number of nitrogens with one attached hydrogen (secondary N) is 2. The number of rotatable bonds is 4. The highest BCUT2D eigenvalue weighted by Crippen LogP contribution is 2.34. The highest BCUT2D eigenvalue weighted by molar-refractivity contribution is 7.99. The zero-order valence-corrected chi connectivity index (χ0v) is 10.6. The molecule has 5 nitrogen and oxygen atoms in total. The van der Waals surface area contributed by atoms with Crippen LogP contribution in [0.15, 0.2) is 28.6 Å². The molecule has 0 unspecified atom stereocenters. The largest absolute Gasteiger partial charge is 0.416 e. The first-order valence-corrected chi connectivity index (χ1v) is 6.17. The van der Waals surface area contributed by atoms with Gasteiger partial charge in [0.1, 0.15) is 17.2 Å². The van der Waals surface area contributed by atoms with E-state index in [4.69, 9.17) is 0 Å². The fraction of sp³-hybridized carbons (Fsp3) is 0.300. The number of H-pyrrole nitrogens is 1. The van der Waals surface area contributed by atoms with Gasteiger partial charge in [0.15, 0.2) is 5.16 Å². The van der Waals surface area contributed by atoms with Gasteiger partial charge in [0, 0.05) is 6.54 Å². The molecule has 0 saturated heterocycles. The van der Waals surface area contributed by atoms with Gasteiger partial charge in [0.05, 0.1) is 5.56 Å². The van der Waals surface area contributed by atoms with Crippen molar-refractivity contribution in [3.05, 3.63) is 24.0 Å². The summed E-state index contributed by atoms with van der Waals surface area (Å²) in [5.41, 5.74) is -0.750. The molecule has 0 amide bonds.